The predicted molar refractivity (Wildman–Crippen MR) is 66.8 cm³/mol. The molecule has 0 aliphatic heterocycles. The van der Waals surface area contributed by atoms with Crippen molar-refractivity contribution in [1.29, 1.82) is 0 Å². The quantitative estimate of drug-likeness (QED) is 0.800. The van der Waals surface area contributed by atoms with Gasteiger partial charge < -0.3 is 15.2 Å². The monoisotopic (exact) mass is 243 g/mol. The molecule has 2 unspecified atom stereocenters. The van der Waals surface area contributed by atoms with Gasteiger partial charge in [0.05, 0.1) is 0 Å². The first kappa shape index (κ1) is 14.3. The fourth-order valence-corrected chi connectivity index (χ4v) is 2.37. The topological polar surface area (TPSA) is 58.6 Å². The van der Waals surface area contributed by atoms with Crippen molar-refractivity contribution in [3.63, 3.8) is 0 Å². The first-order valence-electron chi connectivity index (χ1n) is 6.53. The Morgan fingerprint density at radius 2 is 2.00 bits per heavy atom. The minimum absolute atomic E-state index is 0.158. The summed E-state index contributed by atoms with van der Waals surface area (Å²) in [4.78, 5) is 11.7. The molecule has 0 radical (unpaired) electrons. The van der Waals surface area contributed by atoms with Gasteiger partial charge in [0.2, 0.25) is 0 Å². The molecule has 1 rings (SSSR count). The summed E-state index contributed by atoms with van der Waals surface area (Å²) < 4.78 is 5.25. The molecule has 0 heterocycles. The Hall–Kier alpha value is -0.770. The van der Waals surface area contributed by atoms with Crippen LogP contribution in [0.1, 0.15) is 52.9 Å². The Bertz CT molecular complexity index is 246. The van der Waals surface area contributed by atoms with Crippen molar-refractivity contribution in [1.82, 2.24) is 5.32 Å². The SMILES string of the molecule is CC(C)(C)OC(=O)NC1CCCCC1CCO. The number of carbonyl (C=O) groups is 1. The van der Waals surface area contributed by atoms with Gasteiger partial charge in [0.1, 0.15) is 5.60 Å². The average Bonchev–Trinajstić information content (AvgIpc) is 2.18. The fourth-order valence-electron chi connectivity index (χ4n) is 2.37. The lowest BCUT2D eigenvalue weighted by atomic mass is 9.83. The van der Waals surface area contributed by atoms with Crippen LogP contribution in [0.5, 0.6) is 0 Å². The fraction of sp³-hybridized carbons (Fsp3) is 0.923. The van der Waals surface area contributed by atoms with Gasteiger partial charge in [-0.1, -0.05) is 12.8 Å². The van der Waals surface area contributed by atoms with E-state index in [-0.39, 0.29) is 18.7 Å². The third kappa shape index (κ3) is 5.39. The molecule has 2 atom stereocenters. The van der Waals surface area contributed by atoms with Crippen molar-refractivity contribution in [2.24, 2.45) is 5.92 Å². The van der Waals surface area contributed by atoms with Crippen LogP contribution in [0, 0.1) is 5.92 Å². The second kappa shape index (κ2) is 6.24. The normalized spacial score (nSPS) is 25.4. The van der Waals surface area contributed by atoms with Gasteiger partial charge in [0.25, 0.3) is 0 Å². The first-order valence-corrected chi connectivity index (χ1v) is 6.53. The van der Waals surface area contributed by atoms with E-state index in [1.807, 2.05) is 20.8 Å². The van der Waals surface area contributed by atoms with Gasteiger partial charge in [-0.15, -0.1) is 0 Å². The molecule has 2 N–H and O–H groups in total. The van der Waals surface area contributed by atoms with Crippen LogP contribution in [0.25, 0.3) is 0 Å². The van der Waals surface area contributed by atoms with E-state index >= 15 is 0 Å². The highest BCUT2D eigenvalue weighted by molar-refractivity contribution is 5.68. The molecule has 1 amide bonds. The summed E-state index contributed by atoms with van der Waals surface area (Å²) in [7, 11) is 0. The number of aliphatic hydroxyl groups excluding tert-OH is 1. The predicted octanol–water partition coefficient (Wildman–Crippen LogP) is 2.45. The molecule has 4 heteroatoms. The van der Waals surface area contributed by atoms with Crippen molar-refractivity contribution in [2.45, 2.75) is 64.5 Å². The van der Waals surface area contributed by atoms with E-state index in [4.69, 9.17) is 9.84 Å². The van der Waals surface area contributed by atoms with Crippen LogP contribution < -0.4 is 5.32 Å². The molecule has 100 valence electrons. The molecule has 4 nitrogen and oxygen atoms in total. The van der Waals surface area contributed by atoms with Crippen molar-refractivity contribution >= 4 is 6.09 Å². The molecule has 1 fully saturated rings. The van der Waals surface area contributed by atoms with Crippen molar-refractivity contribution in [2.75, 3.05) is 6.61 Å². The van der Waals surface area contributed by atoms with E-state index in [1.165, 1.54) is 6.42 Å². The highest BCUT2D eigenvalue weighted by Crippen LogP contribution is 2.27. The molecule has 0 aromatic heterocycles. The number of amides is 1. The lowest BCUT2D eigenvalue weighted by Gasteiger charge is -2.32. The number of hydrogen-bond donors (Lipinski definition) is 2. The smallest absolute Gasteiger partial charge is 0.407 e. The zero-order valence-corrected chi connectivity index (χ0v) is 11.2. The van der Waals surface area contributed by atoms with Crippen molar-refractivity contribution < 1.29 is 14.6 Å². The first-order chi connectivity index (χ1) is 7.92. The molecule has 0 bridgehead atoms. The Kier molecular flexibility index (Phi) is 5.25. The van der Waals surface area contributed by atoms with Crippen molar-refractivity contribution in [3.8, 4) is 0 Å². The van der Waals surface area contributed by atoms with Gasteiger partial charge in [-0.25, -0.2) is 4.79 Å². The second-order valence-electron chi connectivity index (χ2n) is 5.81. The molecule has 0 saturated heterocycles. The Labute approximate surface area is 104 Å². The number of aliphatic hydroxyl groups is 1. The van der Waals surface area contributed by atoms with E-state index in [2.05, 4.69) is 5.32 Å². The molecule has 0 spiro atoms. The van der Waals surface area contributed by atoms with Crippen LogP contribution in [0.4, 0.5) is 4.79 Å². The molecule has 1 aliphatic rings. The maximum absolute atomic E-state index is 11.7. The summed E-state index contributed by atoms with van der Waals surface area (Å²) in [6, 6.07) is 0.158. The van der Waals surface area contributed by atoms with E-state index < -0.39 is 5.60 Å². The lowest BCUT2D eigenvalue weighted by Crippen LogP contribution is -2.44. The molecule has 1 saturated carbocycles. The van der Waals surface area contributed by atoms with Crippen LogP contribution in [-0.4, -0.2) is 29.4 Å². The van der Waals surface area contributed by atoms with E-state index in [9.17, 15) is 4.79 Å². The van der Waals surface area contributed by atoms with Crippen LogP contribution in [0.3, 0.4) is 0 Å². The van der Waals surface area contributed by atoms with Gasteiger partial charge in [0.15, 0.2) is 0 Å². The highest BCUT2D eigenvalue weighted by Gasteiger charge is 2.27. The number of carbonyl (C=O) groups excluding carboxylic acids is 1. The van der Waals surface area contributed by atoms with Crippen LogP contribution in [-0.2, 0) is 4.74 Å². The Morgan fingerprint density at radius 1 is 1.35 bits per heavy atom. The summed E-state index contributed by atoms with van der Waals surface area (Å²) in [5, 5.41) is 12.0. The summed E-state index contributed by atoms with van der Waals surface area (Å²) in [6.07, 6.45) is 4.83. The molecular weight excluding hydrogens is 218 g/mol. The Morgan fingerprint density at radius 3 is 2.59 bits per heavy atom. The summed E-state index contributed by atoms with van der Waals surface area (Å²) >= 11 is 0. The van der Waals surface area contributed by atoms with Gasteiger partial charge in [-0.2, -0.15) is 0 Å². The third-order valence-corrected chi connectivity index (χ3v) is 3.11. The zero-order chi connectivity index (χ0) is 12.9. The van der Waals surface area contributed by atoms with Gasteiger partial charge in [-0.05, 0) is 46.0 Å². The maximum atomic E-state index is 11.7. The second-order valence-corrected chi connectivity index (χ2v) is 5.81. The van der Waals surface area contributed by atoms with Crippen LogP contribution in [0.15, 0.2) is 0 Å². The van der Waals surface area contributed by atoms with E-state index in [1.54, 1.807) is 0 Å². The van der Waals surface area contributed by atoms with Crippen LogP contribution >= 0.6 is 0 Å². The van der Waals surface area contributed by atoms with Crippen LogP contribution in [0.2, 0.25) is 0 Å². The zero-order valence-electron chi connectivity index (χ0n) is 11.2. The maximum Gasteiger partial charge on any atom is 0.407 e. The van der Waals surface area contributed by atoms with E-state index in [0.29, 0.717) is 5.92 Å². The number of hydrogen-bond acceptors (Lipinski definition) is 3. The molecule has 0 aromatic carbocycles. The standard InChI is InChI=1S/C13H25NO3/c1-13(2,3)17-12(16)14-11-7-5-4-6-10(11)8-9-15/h10-11,15H,4-9H2,1-3H3,(H,14,16). The minimum Gasteiger partial charge on any atom is -0.444 e. The van der Waals surface area contributed by atoms with Gasteiger partial charge >= 0.3 is 6.09 Å². The van der Waals surface area contributed by atoms with Gasteiger partial charge in [-0.3, -0.25) is 0 Å². The minimum atomic E-state index is -0.453. The summed E-state index contributed by atoms with van der Waals surface area (Å²) in [5.74, 6) is 0.390. The highest BCUT2D eigenvalue weighted by atomic mass is 16.6. The van der Waals surface area contributed by atoms with E-state index in [0.717, 1.165) is 25.7 Å². The number of alkyl carbamates (subject to hydrolysis) is 1. The number of rotatable bonds is 3. The Balaban J connectivity index is 2.44. The third-order valence-electron chi connectivity index (χ3n) is 3.11. The molecule has 1 aliphatic carbocycles. The molecule has 0 aromatic rings. The largest absolute Gasteiger partial charge is 0.444 e. The summed E-state index contributed by atoms with van der Waals surface area (Å²) in [6.45, 7) is 5.77. The molecular formula is C13H25NO3. The average molecular weight is 243 g/mol. The number of nitrogens with one attached hydrogen (secondary N) is 1. The number of ether oxygens (including phenoxy) is 1. The molecule has 17 heavy (non-hydrogen) atoms. The van der Waals surface area contributed by atoms with Crippen molar-refractivity contribution in [3.05, 3.63) is 0 Å². The summed E-state index contributed by atoms with van der Waals surface area (Å²) in [5.41, 5.74) is -0.453. The van der Waals surface area contributed by atoms with Gasteiger partial charge in [0, 0.05) is 12.6 Å². The lowest BCUT2D eigenvalue weighted by molar-refractivity contribution is 0.0460.